The predicted molar refractivity (Wildman–Crippen MR) is 37.9 cm³/mol. The van der Waals surface area contributed by atoms with Crippen molar-refractivity contribution in [1.82, 2.24) is 0 Å². The Balaban J connectivity index is 0.000000360. The van der Waals surface area contributed by atoms with Gasteiger partial charge in [-0.05, 0) is 9.24 Å². The third kappa shape index (κ3) is 1.93. The topological polar surface area (TPSA) is 21.6 Å². The molecule has 0 aromatic carbocycles. The zero-order chi connectivity index (χ0) is 4.41. The van der Waals surface area contributed by atoms with Crippen molar-refractivity contribution < 1.29 is 4.74 Å². The van der Waals surface area contributed by atoms with E-state index in [0.717, 1.165) is 18.8 Å². The molecular weight excluding hydrogens is 108 g/mol. The van der Waals surface area contributed by atoms with Crippen molar-refractivity contribution >= 4 is 23.3 Å². The minimum absolute atomic E-state index is 0. The maximum atomic E-state index is 4.87. The van der Waals surface area contributed by atoms with Gasteiger partial charge in [0.1, 0.15) is 6.61 Å². The molecule has 0 fully saturated rings. The number of ether oxygens (including phenoxy) is 1. The molecule has 1 heterocycles. The third-order valence-electron chi connectivity index (χ3n) is 0.609. The van der Waals surface area contributed by atoms with Crippen LogP contribution in [0.15, 0.2) is 4.99 Å². The first-order valence-corrected chi connectivity index (χ1v) is 2.40. The molecule has 1 atom stereocenters. The number of rotatable bonds is 0. The highest BCUT2D eigenvalue weighted by Gasteiger charge is 1.96. The van der Waals surface area contributed by atoms with E-state index < -0.39 is 0 Å². The van der Waals surface area contributed by atoms with Crippen molar-refractivity contribution in [2.24, 2.45) is 4.99 Å². The lowest BCUT2D eigenvalue weighted by atomic mass is 10.8. The number of hydrogen-bond donors (Lipinski definition) is 0. The second kappa shape index (κ2) is 3.03. The Morgan fingerprint density at radius 2 is 2.43 bits per heavy atom. The molecule has 0 amide bonds. The molecule has 0 N–H and O–H groups in total. The van der Waals surface area contributed by atoms with E-state index in [1.54, 1.807) is 0 Å². The fourth-order valence-electron chi connectivity index (χ4n) is 0.352. The van der Waals surface area contributed by atoms with Gasteiger partial charge in [-0.3, -0.25) is 0 Å². The summed E-state index contributed by atoms with van der Waals surface area (Å²) in [6.45, 7) is 1.59. The van der Waals surface area contributed by atoms with Gasteiger partial charge in [-0.15, -0.1) is 0 Å². The van der Waals surface area contributed by atoms with Crippen LogP contribution in [0.4, 0.5) is 0 Å². The highest BCUT2D eigenvalue weighted by atomic mass is 31.0. The molecule has 40 valence electrons. The summed E-state index contributed by atoms with van der Waals surface area (Å²) < 4.78 is 4.87. The van der Waals surface area contributed by atoms with E-state index in [0.29, 0.717) is 0 Å². The molecular formula is C3H9BNOP. The first kappa shape index (κ1) is 6.96. The molecule has 0 spiro atoms. The van der Waals surface area contributed by atoms with E-state index in [4.69, 9.17) is 4.74 Å². The van der Waals surface area contributed by atoms with Crippen molar-refractivity contribution in [2.75, 3.05) is 13.2 Å². The van der Waals surface area contributed by atoms with Crippen LogP contribution in [0.1, 0.15) is 0 Å². The van der Waals surface area contributed by atoms with Gasteiger partial charge in [-0.2, -0.15) is 0 Å². The Morgan fingerprint density at radius 3 is 2.57 bits per heavy atom. The smallest absolute Gasteiger partial charge is 0.199 e. The van der Waals surface area contributed by atoms with Crippen LogP contribution in [0.2, 0.25) is 0 Å². The summed E-state index contributed by atoms with van der Waals surface area (Å²) in [6.07, 6.45) is 0. The van der Waals surface area contributed by atoms with Crippen LogP contribution in [-0.2, 0) is 4.74 Å². The van der Waals surface area contributed by atoms with Gasteiger partial charge in [0.05, 0.1) is 15.0 Å². The quantitative estimate of drug-likeness (QED) is 0.296. The van der Waals surface area contributed by atoms with Crippen LogP contribution in [0.3, 0.4) is 0 Å². The van der Waals surface area contributed by atoms with Gasteiger partial charge in [0.2, 0.25) is 0 Å². The van der Waals surface area contributed by atoms with E-state index in [-0.39, 0.29) is 8.41 Å². The summed E-state index contributed by atoms with van der Waals surface area (Å²) in [6, 6.07) is 0. The SMILES string of the molecule is B.PC1=NCCO1. The molecule has 7 heavy (non-hydrogen) atoms. The van der Waals surface area contributed by atoms with Crippen LogP contribution in [0.5, 0.6) is 0 Å². The van der Waals surface area contributed by atoms with Gasteiger partial charge >= 0.3 is 0 Å². The summed E-state index contributed by atoms with van der Waals surface area (Å²) in [5, 5.41) is 0. The molecule has 1 rings (SSSR count). The number of hydrogen-bond acceptors (Lipinski definition) is 2. The lowest BCUT2D eigenvalue weighted by Crippen LogP contribution is -1.85. The van der Waals surface area contributed by atoms with Gasteiger partial charge in [-0.25, -0.2) is 4.99 Å². The van der Waals surface area contributed by atoms with E-state index in [9.17, 15) is 0 Å². The van der Waals surface area contributed by atoms with Gasteiger partial charge < -0.3 is 4.74 Å². The maximum absolute atomic E-state index is 4.87. The van der Waals surface area contributed by atoms with E-state index >= 15 is 0 Å². The standard InChI is InChI=1S/C3H6NOP.BH3/c6-3-4-1-2-5-3;/h1-2,6H2;1H3. The summed E-state index contributed by atoms with van der Waals surface area (Å²) in [5.74, 6) is 0. The van der Waals surface area contributed by atoms with Gasteiger partial charge in [0.15, 0.2) is 5.64 Å². The van der Waals surface area contributed by atoms with Crippen molar-refractivity contribution in [1.29, 1.82) is 0 Å². The molecule has 0 bridgehead atoms. The molecule has 2 nitrogen and oxygen atoms in total. The Labute approximate surface area is 47.1 Å². The Kier molecular flexibility index (Phi) is 3.02. The highest BCUT2D eigenvalue weighted by Crippen LogP contribution is 1.98. The minimum atomic E-state index is 0. The normalized spacial score (nSPS) is 17.0. The molecule has 0 saturated heterocycles. The van der Waals surface area contributed by atoms with Crippen molar-refractivity contribution in [3.63, 3.8) is 0 Å². The Morgan fingerprint density at radius 1 is 1.71 bits per heavy atom. The second-order valence-electron chi connectivity index (χ2n) is 1.07. The van der Waals surface area contributed by atoms with Crippen LogP contribution in [-0.4, -0.2) is 27.2 Å². The van der Waals surface area contributed by atoms with Crippen molar-refractivity contribution in [3.05, 3.63) is 0 Å². The van der Waals surface area contributed by atoms with Crippen LogP contribution < -0.4 is 0 Å². The molecule has 4 heteroatoms. The van der Waals surface area contributed by atoms with Crippen molar-refractivity contribution in [2.45, 2.75) is 0 Å². The average molecular weight is 117 g/mol. The highest BCUT2D eigenvalue weighted by molar-refractivity contribution is 7.39. The number of nitrogens with zero attached hydrogens (tertiary/aromatic N) is 1. The first-order valence-electron chi connectivity index (χ1n) is 1.82. The fourth-order valence-corrected chi connectivity index (χ4v) is 0.599. The van der Waals surface area contributed by atoms with E-state index in [1.165, 1.54) is 0 Å². The van der Waals surface area contributed by atoms with Crippen LogP contribution in [0, 0.1) is 0 Å². The van der Waals surface area contributed by atoms with Gasteiger partial charge in [0.25, 0.3) is 0 Å². The Hall–Kier alpha value is -0.0351. The first-order chi connectivity index (χ1) is 2.89. The van der Waals surface area contributed by atoms with Crippen LogP contribution in [0.25, 0.3) is 0 Å². The van der Waals surface area contributed by atoms with Crippen LogP contribution >= 0.6 is 9.24 Å². The maximum Gasteiger partial charge on any atom is 0.199 e. The van der Waals surface area contributed by atoms with E-state index in [2.05, 4.69) is 14.2 Å². The minimum Gasteiger partial charge on any atom is -0.476 e. The molecule has 1 aliphatic rings. The largest absolute Gasteiger partial charge is 0.476 e. The summed E-state index contributed by atoms with van der Waals surface area (Å²) in [4.78, 5) is 3.89. The summed E-state index contributed by atoms with van der Waals surface area (Å²) >= 11 is 0. The second-order valence-corrected chi connectivity index (χ2v) is 1.56. The molecule has 1 unspecified atom stereocenters. The van der Waals surface area contributed by atoms with Gasteiger partial charge in [0, 0.05) is 0 Å². The summed E-state index contributed by atoms with van der Waals surface area (Å²) in [5.41, 5.74) is 0.745. The predicted octanol–water partition coefficient (Wildman–Crippen LogP) is -0.936. The molecule has 0 aromatic heterocycles. The fraction of sp³-hybridized carbons (Fsp3) is 0.667. The van der Waals surface area contributed by atoms with Crippen molar-refractivity contribution in [3.8, 4) is 0 Å². The molecule has 0 radical (unpaired) electrons. The monoisotopic (exact) mass is 117 g/mol. The zero-order valence-corrected chi connectivity index (χ0v) is 4.50. The third-order valence-corrected chi connectivity index (χ3v) is 0.958. The molecule has 0 saturated carbocycles. The van der Waals surface area contributed by atoms with Gasteiger partial charge in [-0.1, -0.05) is 0 Å². The Bertz CT molecular complexity index is 85.0. The number of aliphatic imine (C=N–C) groups is 1. The average Bonchev–Trinajstić information content (AvgIpc) is 1.86. The van der Waals surface area contributed by atoms with E-state index in [1.807, 2.05) is 0 Å². The molecule has 0 aromatic rings. The zero-order valence-electron chi connectivity index (χ0n) is 3.35. The summed E-state index contributed by atoms with van der Waals surface area (Å²) in [7, 11) is 2.40. The lowest BCUT2D eigenvalue weighted by Gasteiger charge is -1.85. The lowest BCUT2D eigenvalue weighted by molar-refractivity contribution is 0.356. The molecule has 0 aliphatic carbocycles. The molecule has 1 aliphatic heterocycles.